The first-order valence-corrected chi connectivity index (χ1v) is 9.21. The Bertz CT molecular complexity index is 662. The van der Waals surface area contributed by atoms with E-state index in [1.165, 1.54) is 27.3 Å². The number of nitrogens with one attached hydrogen (secondary N) is 1. The van der Waals surface area contributed by atoms with Crippen LogP contribution in [0, 0.1) is 0 Å². The van der Waals surface area contributed by atoms with Crippen LogP contribution < -0.4 is 5.32 Å². The number of fused-ring (bicyclic) bond motifs is 1. The molecule has 0 aliphatic carbocycles. The molecule has 1 atom stereocenters. The van der Waals surface area contributed by atoms with Crippen LogP contribution in [0.4, 0.5) is 5.69 Å². The maximum absolute atomic E-state index is 3.67. The van der Waals surface area contributed by atoms with Crippen molar-refractivity contribution in [2.24, 2.45) is 0 Å². The third-order valence-corrected chi connectivity index (χ3v) is 5.64. The van der Waals surface area contributed by atoms with Crippen molar-refractivity contribution in [1.29, 1.82) is 0 Å². The van der Waals surface area contributed by atoms with Gasteiger partial charge in [-0.1, -0.05) is 83.6 Å². The third-order valence-electron chi connectivity index (χ3n) is 4.41. The molecule has 122 valence electrons. The summed E-state index contributed by atoms with van der Waals surface area (Å²) >= 11 is 1.92. The van der Waals surface area contributed by atoms with Crippen molar-refractivity contribution < 1.29 is 0 Å². The Morgan fingerprint density at radius 2 is 1.39 bits per heavy atom. The topological polar surface area (TPSA) is 12.0 Å². The molecule has 2 heteroatoms. The van der Waals surface area contributed by atoms with E-state index in [0.29, 0.717) is 5.37 Å². The Kier molecular flexibility index (Phi) is 4.00. The Balaban J connectivity index is 2.03. The molecule has 3 rings (SSSR count). The van der Waals surface area contributed by atoms with Crippen LogP contribution >= 0.6 is 11.8 Å². The average molecular weight is 326 g/mol. The lowest BCUT2D eigenvalue weighted by Crippen LogP contribution is -2.18. The molecule has 0 aromatic heterocycles. The van der Waals surface area contributed by atoms with E-state index in [4.69, 9.17) is 0 Å². The van der Waals surface area contributed by atoms with Gasteiger partial charge in [0, 0.05) is 10.6 Å². The minimum atomic E-state index is 0.159. The first-order chi connectivity index (χ1) is 10.6. The molecular formula is C21H27NS. The molecule has 2 aromatic rings. The highest BCUT2D eigenvalue weighted by atomic mass is 32.2. The molecule has 1 aliphatic rings. The molecule has 1 heterocycles. The van der Waals surface area contributed by atoms with Crippen molar-refractivity contribution in [3.8, 4) is 0 Å². The fourth-order valence-corrected chi connectivity index (χ4v) is 3.93. The lowest BCUT2D eigenvalue weighted by Gasteiger charge is -2.27. The minimum Gasteiger partial charge on any atom is -0.368 e. The summed E-state index contributed by atoms with van der Waals surface area (Å²) in [6.45, 7) is 13.8. The number of benzene rings is 2. The van der Waals surface area contributed by atoms with Gasteiger partial charge in [0.05, 0.1) is 0 Å². The van der Waals surface area contributed by atoms with Crippen LogP contribution in [0.3, 0.4) is 0 Å². The van der Waals surface area contributed by atoms with Crippen LogP contribution in [0.1, 0.15) is 63.6 Å². The van der Waals surface area contributed by atoms with Gasteiger partial charge in [0.1, 0.15) is 5.37 Å². The quantitative estimate of drug-likeness (QED) is 0.642. The normalized spacial score (nSPS) is 17.7. The summed E-state index contributed by atoms with van der Waals surface area (Å²) in [6.07, 6.45) is 0. The molecule has 0 saturated heterocycles. The molecule has 1 aliphatic heterocycles. The zero-order valence-electron chi connectivity index (χ0n) is 15.0. The summed E-state index contributed by atoms with van der Waals surface area (Å²) < 4.78 is 0. The number of para-hydroxylation sites is 1. The van der Waals surface area contributed by atoms with Gasteiger partial charge in [0.15, 0.2) is 0 Å². The van der Waals surface area contributed by atoms with Crippen LogP contribution in [0.5, 0.6) is 0 Å². The van der Waals surface area contributed by atoms with Crippen LogP contribution in [-0.2, 0) is 10.8 Å². The number of hydrogen-bond acceptors (Lipinski definition) is 2. The fourth-order valence-electron chi connectivity index (χ4n) is 2.81. The third kappa shape index (κ3) is 3.42. The molecule has 23 heavy (non-hydrogen) atoms. The van der Waals surface area contributed by atoms with E-state index in [-0.39, 0.29) is 10.8 Å². The van der Waals surface area contributed by atoms with Crippen LogP contribution in [0.15, 0.2) is 47.4 Å². The molecular weight excluding hydrogens is 298 g/mol. The lowest BCUT2D eigenvalue weighted by molar-refractivity contribution is 0.567. The molecule has 1 unspecified atom stereocenters. The Morgan fingerprint density at radius 3 is 1.91 bits per heavy atom. The van der Waals surface area contributed by atoms with E-state index in [2.05, 4.69) is 89.3 Å². The molecule has 2 aromatic carbocycles. The summed E-state index contributed by atoms with van der Waals surface area (Å²) in [5.41, 5.74) is 5.78. The van der Waals surface area contributed by atoms with E-state index >= 15 is 0 Å². The molecule has 0 amide bonds. The second-order valence-electron chi connectivity index (χ2n) is 8.48. The van der Waals surface area contributed by atoms with Gasteiger partial charge in [0.2, 0.25) is 0 Å². The van der Waals surface area contributed by atoms with Gasteiger partial charge in [-0.2, -0.15) is 0 Å². The van der Waals surface area contributed by atoms with Crippen LogP contribution in [-0.4, -0.2) is 0 Å². The number of hydrogen-bond donors (Lipinski definition) is 1. The second-order valence-corrected chi connectivity index (χ2v) is 9.63. The maximum Gasteiger partial charge on any atom is 0.103 e. The van der Waals surface area contributed by atoms with Gasteiger partial charge in [-0.3, -0.25) is 0 Å². The van der Waals surface area contributed by atoms with Gasteiger partial charge in [0.25, 0.3) is 0 Å². The van der Waals surface area contributed by atoms with Crippen molar-refractivity contribution in [3.63, 3.8) is 0 Å². The largest absolute Gasteiger partial charge is 0.368 e. The van der Waals surface area contributed by atoms with E-state index in [1.54, 1.807) is 0 Å². The predicted octanol–water partition coefficient (Wildman–Crippen LogP) is 6.50. The van der Waals surface area contributed by atoms with E-state index in [9.17, 15) is 0 Å². The second kappa shape index (κ2) is 5.59. The Morgan fingerprint density at radius 1 is 0.826 bits per heavy atom. The summed E-state index contributed by atoms with van der Waals surface area (Å²) in [4.78, 5) is 1.34. The van der Waals surface area contributed by atoms with Crippen molar-refractivity contribution in [3.05, 3.63) is 59.2 Å². The number of anilines is 1. The lowest BCUT2D eigenvalue weighted by atomic mass is 9.79. The van der Waals surface area contributed by atoms with E-state index in [1.807, 2.05) is 11.8 Å². The zero-order chi connectivity index (χ0) is 16.8. The van der Waals surface area contributed by atoms with E-state index in [0.717, 1.165) is 0 Å². The summed E-state index contributed by atoms with van der Waals surface area (Å²) in [6, 6.07) is 15.7. The molecule has 1 N–H and O–H groups in total. The standard InChI is InChI=1S/C21H27NS/c1-20(2,3)15-11-14(12-16(13-15)21(4,5)6)19-22-17-9-7-8-10-18(17)23-19/h7-13,19,22H,1-6H3. The molecule has 0 spiro atoms. The van der Waals surface area contributed by atoms with Gasteiger partial charge in [-0.05, 0) is 39.7 Å². The predicted molar refractivity (Wildman–Crippen MR) is 103 cm³/mol. The first kappa shape index (κ1) is 16.4. The van der Waals surface area contributed by atoms with Gasteiger partial charge in [-0.15, -0.1) is 0 Å². The maximum atomic E-state index is 3.67. The van der Waals surface area contributed by atoms with Crippen LogP contribution in [0.2, 0.25) is 0 Å². The van der Waals surface area contributed by atoms with Crippen molar-refractivity contribution in [2.45, 2.75) is 62.6 Å². The highest BCUT2D eigenvalue weighted by molar-refractivity contribution is 8.00. The van der Waals surface area contributed by atoms with Gasteiger partial charge < -0.3 is 5.32 Å². The molecule has 0 radical (unpaired) electrons. The SMILES string of the molecule is CC(C)(C)c1cc(C2Nc3ccccc3S2)cc(C(C)(C)C)c1. The Labute approximate surface area is 144 Å². The van der Waals surface area contributed by atoms with Crippen molar-refractivity contribution >= 4 is 17.4 Å². The van der Waals surface area contributed by atoms with Gasteiger partial charge in [-0.25, -0.2) is 0 Å². The highest BCUT2D eigenvalue weighted by Gasteiger charge is 2.26. The molecule has 0 bridgehead atoms. The molecule has 1 nitrogen and oxygen atoms in total. The number of thioether (sulfide) groups is 1. The minimum absolute atomic E-state index is 0.159. The first-order valence-electron chi connectivity index (χ1n) is 8.33. The Hall–Kier alpha value is -1.41. The highest BCUT2D eigenvalue weighted by Crippen LogP contribution is 2.47. The summed E-state index contributed by atoms with van der Waals surface area (Å²) in [7, 11) is 0. The molecule has 0 fully saturated rings. The monoisotopic (exact) mass is 325 g/mol. The van der Waals surface area contributed by atoms with Crippen molar-refractivity contribution in [2.75, 3.05) is 5.32 Å². The summed E-state index contributed by atoms with van der Waals surface area (Å²) in [5.74, 6) is 0. The van der Waals surface area contributed by atoms with E-state index < -0.39 is 0 Å². The number of rotatable bonds is 1. The average Bonchev–Trinajstić information content (AvgIpc) is 2.89. The van der Waals surface area contributed by atoms with Gasteiger partial charge >= 0.3 is 0 Å². The summed E-state index contributed by atoms with van der Waals surface area (Å²) in [5, 5.41) is 3.97. The molecule has 0 saturated carbocycles. The fraction of sp³-hybridized carbons (Fsp3) is 0.429. The van der Waals surface area contributed by atoms with Crippen molar-refractivity contribution in [1.82, 2.24) is 0 Å². The smallest absolute Gasteiger partial charge is 0.103 e. The van der Waals surface area contributed by atoms with Crippen LogP contribution in [0.25, 0.3) is 0 Å². The zero-order valence-corrected chi connectivity index (χ0v) is 15.8.